The molecule has 0 atom stereocenters. The van der Waals surface area contributed by atoms with Gasteiger partial charge in [0.25, 0.3) is 0 Å². The molecule has 7 heteroatoms. The van der Waals surface area contributed by atoms with Crippen LogP contribution in [0.4, 0.5) is 5.13 Å². The molecule has 0 spiro atoms. The molecular weight excluding hydrogens is 296 g/mol. The number of nitrogens with one attached hydrogen (secondary N) is 1. The fraction of sp³-hybridized carbons (Fsp3) is 0.667. The quantitative estimate of drug-likeness (QED) is 0.932. The van der Waals surface area contributed by atoms with E-state index in [1.54, 1.807) is 11.3 Å². The average molecular weight is 318 g/mol. The fourth-order valence-electron chi connectivity index (χ4n) is 3.38. The number of hydrogen-bond donors (Lipinski definition) is 1. The van der Waals surface area contributed by atoms with E-state index in [0.29, 0.717) is 6.04 Å². The van der Waals surface area contributed by atoms with Crippen LogP contribution < -0.4 is 10.2 Å². The highest BCUT2D eigenvalue weighted by molar-refractivity contribution is 7.13. The largest absolute Gasteiger partial charge is 0.348 e. The van der Waals surface area contributed by atoms with Gasteiger partial charge in [0, 0.05) is 43.7 Å². The highest BCUT2D eigenvalue weighted by Crippen LogP contribution is 2.22. The van der Waals surface area contributed by atoms with Crippen molar-refractivity contribution in [2.45, 2.75) is 51.2 Å². The Bertz CT molecular complexity index is 600. The van der Waals surface area contributed by atoms with Gasteiger partial charge in [-0.25, -0.2) is 4.98 Å². The molecule has 4 rings (SSSR count). The van der Waals surface area contributed by atoms with Crippen LogP contribution in [0.3, 0.4) is 0 Å². The van der Waals surface area contributed by atoms with E-state index in [9.17, 15) is 0 Å². The molecular formula is C15H22N6S. The Morgan fingerprint density at radius 1 is 1.18 bits per heavy atom. The van der Waals surface area contributed by atoms with E-state index in [4.69, 9.17) is 0 Å². The summed E-state index contributed by atoms with van der Waals surface area (Å²) in [6.45, 7) is 4.10. The predicted octanol–water partition coefficient (Wildman–Crippen LogP) is 1.83. The van der Waals surface area contributed by atoms with Gasteiger partial charge in [0.1, 0.15) is 11.6 Å². The molecule has 0 saturated carbocycles. The number of aromatic nitrogens is 4. The molecule has 0 amide bonds. The first-order chi connectivity index (χ1) is 10.9. The summed E-state index contributed by atoms with van der Waals surface area (Å²) in [5.41, 5.74) is 0. The third kappa shape index (κ3) is 2.87. The molecule has 0 aromatic carbocycles. The molecule has 2 aromatic heterocycles. The second kappa shape index (κ2) is 6.34. The van der Waals surface area contributed by atoms with E-state index in [1.165, 1.54) is 31.5 Å². The van der Waals surface area contributed by atoms with E-state index in [1.807, 2.05) is 11.6 Å². The number of aryl methyl sites for hydroxylation is 1. The number of fused-ring (bicyclic) bond motifs is 1. The van der Waals surface area contributed by atoms with Crippen LogP contribution in [0.5, 0.6) is 0 Å². The summed E-state index contributed by atoms with van der Waals surface area (Å²) in [7, 11) is 0. The molecule has 0 aliphatic carbocycles. The lowest BCUT2D eigenvalue weighted by atomic mass is 10.1. The van der Waals surface area contributed by atoms with Crippen molar-refractivity contribution in [1.29, 1.82) is 0 Å². The van der Waals surface area contributed by atoms with Crippen molar-refractivity contribution in [2.24, 2.45) is 0 Å². The summed E-state index contributed by atoms with van der Waals surface area (Å²) in [6, 6.07) is 0.577. The maximum atomic E-state index is 4.40. The minimum Gasteiger partial charge on any atom is -0.348 e. The number of rotatable bonds is 4. The summed E-state index contributed by atoms with van der Waals surface area (Å²) >= 11 is 1.73. The van der Waals surface area contributed by atoms with Crippen molar-refractivity contribution >= 4 is 16.5 Å². The van der Waals surface area contributed by atoms with Crippen LogP contribution in [0.1, 0.15) is 37.3 Å². The first-order valence-corrected chi connectivity index (χ1v) is 9.07. The zero-order valence-corrected chi connectivity index (χ0v) is 13.6. The van der Waals surface area contributed by atoms with Crippen LogP contribution in [0.25, 0.3) is 0 Å². The van der Waals surface area contributed by atoms with Crippen LogP contribution >= 0.6 is 11.3 Å². The van der Waals surface area contributed by atoms with Gasteiger partial charge < -0.3 is 14.8 Å². The Balaban J connectivity index is 1.29. The van der Waals surface area contributed by atoms with E-state index in [-0.39, 0.29) is 0 Å². The lowest BCUT2D eigenvalue weighted by Gasteiger charge is -2.32. The van der Waals surface area contributed by atoms with Gasteiger partial charge in [-0.1, -0.05) is 0 Å². The van der Waals surface area contributed by atoms with Gasteiger partial charge in [-0.15, -0.1) is 21.5 Å². The number of piperidine rings is 1. The summed E-state index contributed by atoms with van der Waals surface area (Å²) in [6.07, 6.45) is 7.81. The van der Waals surface area contributed by atoms with Gasteiger partial charge in [0.2, 0.25) is 0 Å². The number of thiazole rings is 1. The molecule has 2 aliphatic rings. The third-order valence-electron chi connectivity index (χ3n) is 4.67. The van der Waals surface area contributed by atoms with E-state index in [2.05, 4.69) is 30.0 Å². The van der Waals surface area contributed by atoms with Crippen LogP contribution in [0, 0.1) is 0 Å². The van der Waals surface area contributed by atoms with Gasteiger partial charge in [-0.2, -0.15) is 0 Å². The summed E-state index contributed by atoms with van der Waals surface area (Å²) < 4.78 is 2.31. The fourth-order valence-corrected chi connectivity index (χ4v) is 4.08. The zero-order valence-electron chi connectivity index (χ0n) is 12.7. The molecule has 0 bridgehead atoms. The van der Waals surface area contributed by atoms with Crippen molar-refractivity contribution in [3.63, 3.8) is 0 Å². The topological polar surface area (TPSA) is 58.9 Å². The smallest absolute Gasteiger partial charge is 0.185 e. The maximum absolute atomic E-state index is 4.40. The van der Waals surface area contributed by atoms with Crippen molar-refractivity contribution in [3.05, 3.63) is 23.2 Å². The lowest BCUT2D eigenvalue weighted by molar-refractivity contribution is 0.401. The number of nitrogens with zero attached hydrogens (tertiary/aromatic N) is 5. The summed E-state index contributed by atoms with van der Waals surface area (Å²) in [5.74, 6) is 2.28. The Morgan fingerprint density at radius 2 is 2.09 bits per heavy atom. The van der Waals surface area contributed by atoms with E-state index < -0.39 is 0 Å². The monoisotopic (exact) mass is 318 g/mol. The second-order valence-electron chi connectivity index (χ2n) is 6.10. The maximum Gasteiger partial charge on any atom is 0.185 e. The Morgan fingerprint density at radius 3 is 2.91 bits per heavy atom. The van der Waals surface area contributed by atoms with Crippen molar-refractivity contribution in [1.82, 2.24) is 25.1 Å². The molecule has 118 valence electrons. The van der Waals surface area contributed by atoms with Gasteiger partial charge in [-0.05, 0) is 25.7 Å². The summed E-state index contributed by atoms with van der Waals surface area (Å²) in [4.78, 5) is 6.79. The first-order valence-electron chi connectivity index (χ1n) is 8.19. The SMILES string of the molecule is c1csc(N2CCC(NCc3nnc4n3CCCC4)CC2)n1. The Labute approximate surface area is 134 Å². The van der Waals surface area contributed by atoms with E-state index >= 15 is 0 Å². The number of anilines is 1. The average Bonchev–Trinajstić information content (AvgIpc) is 3.23. The predicted molar refractivity (Wildman–Crippen MR) is 87.1 cm³/mol. The Kier molecular flexibility index (Phi) is 4.07. The van der Waals surface area contributed by atoms with E-state index in [0.717, 1.165) is 43.6 Å². The molecule has 1 saturated heterocycles. The standard InChI is InChI=1S/C15H22N6S/c1-2-7-21-13(3-1)18-19-14(21)11-17-12-4-8-20(9-5-12)15-16-6-10-22-15/h6,10,12,17H,1-5,7-9,11H2. The number of hydrogen-bond acceptors (Lipinski definition) is 6. The third-order valence-corrected chi connectivity index (χ3v) is 5.50. The molecule has 0 unspecified atom stereocenters. The molecule has 2 aromatic rings. The normalized spacial score (nSPS) is 19.4. The zero-order chi connectivity index (χ0) is 14.8. The second-order valence-corrected chi connectivity index (χ2v) is 6.97. The highest BCUT2D eigenvalue weighted by atomic mass is 32.1. The summed E-state index contributed by atoms with van der Waals surface area (Å²) in [5, 5.41) is 15.6. The lowest BCUT2D eigenvalue weighted by Crippen LogP contribution is -2.42. The van der Waals surface area contributed by atoms with Gasteiger partial charge in [0.15, 0.2) is 5.13 Å². The van der Waals surface area contributed by atoms with Gasteiger partial charge in [0.05, 0.1) is 6.54 Å². The molecule has 2 aliphatic heterocycles. The molecule has 4 heterocycles. The van der Waals surface area contributed by atoms with Crippen LogP contribution in [0.15, 0.2) is 11.6 Å². The molecule has 0 radical (unpaired) electrons. The molecule has 1 fully saturated rings. The van der Waals surface area contributed by atoms with Gasteiger partial charge in [-0.3, -0.25) is 0 Å². The van der Waals surface area contributed by atoms with Crippen molar-refractivity contribution in [3.8, 4) is 0 Å². The van der Waals surface area contributed by atoms with Crippen LogP contribution in [-0.2, 0) is 19.5 Å². The van der Waals surface area contributed by atoms with Crippen LogP contribution in [-0.4, -0.2) is 38.9 Å². The van der Waals surface area contributed by atoms with Crippen LogP contribution in [0.2, 0.25) is 0 Å². The minimum atomic E-state index is 0.577. The first kappa shape index (κ1) is 14.1. The molecule has 1 N–H and O–H groups in total. The van der Waals surface area contributed by atoms with Crippen molar-refractivity contribution < 1.29 is 0 Å². The molecule has 22 heavy (non-hydrogen) atoms. The van der Waals surface area contributed by atoms with Gasteiger partial charge >= 0.3 is 0 Å². The minimum absolute atomic E-state index is 0.577. The highest BCUT2D eigenvalue weighted by Gasteiger charge is 2.21. The van der Waals surface area contributed by atoms with Crippen molar-refractivity contribution in [2.75, 3.05) is 18.0 Å². The Hall–Kier alpha value is -1.47. The molecule has 6 nitrogen and oxygen atoms in total.